The summed E-state index contributed by atoms with van der Waals surface area (Å²) >= 11 is 3.35. The van der Waals surface area contributed by atoms with Crippen molar-refractivity contribution in [2.24, 2.45) is 0 Å². The lowest BCUT2D eigenvalue weighted by molar-refractivity contribution is 0.353. The second-order valence-corrected chi connectivity index (χ2v) is 8.97. The molecule has 8 heteroatoms. The van der Waals surface area contributed by atoms with E-state index in [1.54, 1.807) is 13.2 Å². The van der Waals surface area contributed by atoms with E-state index in [2.05, 4.69) is 15.9 Å². The first-order chi connectivity index (χ1) is 13.4. The molecule has 0 unspecified atom stereocenters. The molecule has 0 bridgehead atoms. The summed E-state index contributed by atoms with van der Waals surface area (Å²) in [6.45, 7) is 0.714. The molecule has 2 aromatic carbocycles. The van der Waals surface area contributed by atoms with Crippen LogP contribution in [0.3, 0.4) is 0 Å². The van der Waals surface area contributed by atoms with Gasteiger partial charge in [-0.1, -0.05) is 18.2 Å². The van der Waals surface area contributed by atoms with Crippen molar-refractivity contribution in [3.63, 3.8) is 0 Å². The fourth-order valence-electron chi connectivity index (χ4n) is 3.11. The maximum Gasteiger partial charge on any atom is 0.244 e. The van der Waals surface area contributed by atoms with E-state index in [9.17, 15) is 8.42 Å². The van der Waals surface area contributed by atoms with Crippen LogP contribution in [0, 0.1) is 0 Å². The van der Waals surface area contributed by atoms with Gasteiger partial charge >= 0.3 is 0 Å². The topological polar surface area (TPSA) is 65.1 Å². The number of halogens is 1. The van der Waals surface area contributed by atoms with Gasteiger partial charge < -0.3 is 14.2 Å². The van der Waals surface area contributed by atoms with Crippen LogP contribution in [0.1, 0.15) is 12.0 Å². The minimum absolute atomic E-state index is 0.159. The van der Waals surface area contributed by atoms with Crippen LogP contribution in [-0.2, 0) is 10.0 Å². The second kappa shape index (κ2) is 8.55. The van der Waals surface area contributed by atoms with Gasteiger partial charge in [-0.25, -0.2) is 8.42 Å². The SMILES string of the molecule is COc1ccc(C2=CCN(S(=O)(=O)c3cc(OC)c(OC)cc3Br)CC2)cc1. The van der Waals surface area contributed by atoms with Crippen molar-refractivity contribution in [1.82, 2.24) is 4.31 Å². The normalized spacial score (nSPS) is 15.1. The Morgan fingerprint density at radius 3 is 2.14 bits per heavy atom. The van der Waals surface area contributed by atoms with Crippen LogP contribution in [0.4, 0.5) is 0 Å². The van der Waals surface area contributed by atoms with Gasteiger partial charge in [-0.3, -0.25) is 0 Å². The van der Waals surface area contributed by atoms with E-state index in [0.29, 0.717) is 35.5 Å². The Balaban J connectivity index is 1.85. The summed E-state index contributed by atoms with van der Waals surface area (Å²) in [5, 5.41) is 0. The maximum atomic E-state index is 13.2. The summed E-state index contributed by atoms with van der Waals surface area (Å²) in [5.74, 6) is 1.63. The summed E-state index contributed by atoms with van der Waals surface area (Å²) in [6, 6.07) is 10.9. The van der Waals surface area contributed by atoms with Crippen molar-refractivity contribution in [1.29, 1.82) is 0 Å². The Hall–Kier alpha value is -2.03. The molecule has 1 heterocycles. The minimum atomic E-state index is -3.68. The van der Waals surface area contributed by atoms with Crippen molar-refractivity contribution >= 4 is 31.5 Å². The Bertz CT molecular complexity index is 986. The minimum Gasteiger partial charge on any atom is -0.497 e. The third kappa shape index (κ3) is 4.04. The number of methoxy groups -OCH3 is 3. The van der Waals surface area contributed by atoms with Crippen molar-refractivity contribution < 1.29 is 22.6 Å². The van der Waals surface area contributed by atoms with Crippen molar-refractivity contribution in [3.8, 4) is 17.2 Å². The highest BCUT2D eigenvalue weighted by atomic mass is 79.9. The maximum absolute atomic E-state index is 13.2. The summed E-state index contributed by atoms with van der Waals surface area (Å²) in [6.07, 6.45) is 2.59. The molecule has 0 aromatic heterocycles. The number of hydrogen-bond donors (Lipinski definition) is 0. The van der Waals surface area contributed by atoms with Gasteiger partial charge in [-0.2, -0.15) is 4.31 Å². The smallest absolute Gasteiger partial charge is 0.244 e. The lowest BCUT2D eigenvalue weighted by Gasteiger charge is -2.26. The summed E-state index contributed by atoms with van der Waals surface area (Å²) in [7, 11) is 0.936. The monoisotopic (exact) mass is 467 g/mol. The predicted octanol–water partition coefficient (Wildman–Crippen LogP) is 3.95. The average molecular weight is 468 g/mol. The number of rotatable bonds is 6. The third-order valence-electron chi connectivity index (χ3n) is 4.69. The first-order valence-corrected chi connectivity index (χ1v) is 10.9. The number of sulfonamides is 1. The van der Waals surface area contributed by atoms with Gasteiger partial charge in [0.2, 0.25) is 10.0 Å². The molecule has 0 saturated heterocycles. The molecule has 0 amide bonds. The molecule has 0 aliphatic carbocycles. The molecular weight excluding hydrogens is 446 g/mol. The highest BCUT2D eigenvalue weighted by Crippen LogP contribution is 2.37. The lowest BCUT2D eigenvalue weighted by atomic mass is 10.0. The zero-order valence-corrected chi connectivity index (χ0v) is 18.3. The summed E-state index contributed by atoms with van der Waals surface area (Å²) in [4.78, 5) is 0.159. The fourth-order valence-corrected chi connectivity index (χ4v) is 5.49. The Morgan fingerprint density at radius 2 is 1.61 bits per heavy atom. The van der Waals surface area contributed by atoms with E-state index >= 15 is 0 Å². The number of ether oxygens (including phenoxy) is 3. The van der Waals surface area contributed by atoms with Gasteiger partial charge in [0.1, 0.15) is 10.6 Å². The molecule has 150 valence electrons. The van der Waals surface area contributed by atoms with Gasteiger partial charge in [0.25, 0.3) is 0 Å². The highest BCUT2D eigenvalue weighted by Gasteiger charge is 2.29. The van der Waals surface area contributed by atoms with Crippen molar-refractivity contribution in [2.75, 3.05) is 34.4 Å². The molecule has 0 fully saturated rings. The van der Waals surface area contributed by atoms with Gasteiger partial charge in [-0.05, 0) is 51.7 Å². The second-order valence-electron chi connectivity index (χ2n) is 6.21. The molecule has 0 saturated carbocycles. The molecule has 28 heavy (non-hydrogen) atoms. The zero-order valence-electron chi connectivity index (χ0n) is 15.9. The molecule has 1 aliphatic heterocycles. The molecule has 0 N–H and O–H groups in total. The highest BCUT2D eigenvalue weighted by molar-refractivity contribution is 9.10. The number of nitrogens with zero attached hydrogens (tertiary/aromatic N) is 1. The Labute approximate surface area is 173 Å². The van der Waals surface area contributed by atoms with E-state index < -0.39 is 10.0 Å². The molecule has 2 aromatic rings. The van der Waals surface area contributed by atoms with E-state index in [1.165, 1.54) is 24.6 Å². The Morgan fingerprint density at radius 1 is 0.964 bits per heavy atom. The molecule has 6 nitrogen and oxygen atoms in total. The van der Waals surface area contributed by atoms with Crippen molar-refractivity contribution in [3.05, 3.63) is 52.5 Å². The fraction of sp³-hybridized carbons (Fsp3) is 0.300. The van der Waals surface area contributed by atoms with Crippen molar-refractivity contribution in [2.45, 2.75) is 11.3 Å². The predicted molar refractivity (Wildman–Crippen MR) is 112 cm³/mol. The Kier molecular flexibility index (Phi) is 6.32. The van der Waals surface area contributed by atoms with Crippen LogP contribution in [0.15, 0.2) is 51.8 Å². The molecule has 0 spiro atoms. The van der Waals surface area contributed by atoms with Gasteiger partial charge in [0.15, 0.2) is 11.5 Å². The lowest BCUT2D eigenvalue weighted by Crippen LogP contribution is -2.34. The van der Waals surface area contributed by atoms with Crippen LogP contribution in [0.25, 0.3) is 5.57 Å². The van der Waals surface area contributed by atoms with Gasteiger partial charge in [-0.15, -0.1) is 0 Å². The largest absolute Gasteiger partial charge is 0.497 e. The van der Waals surface area contributed by atoms with E-state index in [1.807, 2.05) is 30.3 Å². The molecule has 3 rings (SSSR count). The molecular formula is C20H22BrNO5S. The first-order valence-electron chi connectivity index (χ1n) is 8.66. The van der Waals surface area contributed by atoms with Crippen LogP contribution in [-0.4, -0.2) is 47.1 Å². The standard InChI is InChI=1S/C20H22BrNO5S/c1-25-16-6-4-14(5-7-16)15-8-10-22(11-9-15)28(23,24)20-13-19(27-3)18(26-2)12-17(20)21/h4-8,12-13H,9-11H2,1-3H3. The summed E-state index contributed by atoms with van der Waals surface area (Å²) < 4.78 is 43.9. The van der Waals surface area contributed by atoms with E-state index in [4.69, 9.17) is 14.2 Å². The van der Waals surface area contributed by atoms with Crippen LogP contribution in [0.5, 0.6) is 17.2 Å². The summed E-state index contributed by atoms with van der Waals surface area (Å²) in [5.41, 5.74) is 2.20. The molecule has 0 radical (unpaired) electrons. The number of benzene rings is 2. The number of hydrogen-bond acceptors (Lipinski definition) is 5. The van der Waals surface area contributed by atoms with Crippen LogP contribution < -0.4 is 14.2 Å². The third-order valence-corrected chi connectivity index (χ3v) is 7.51. The van der Waals surface area contributed by atoms with E-state index in [0.717, 1.165) is 16.9 Å². The molecule has 1 aliphatic rings. The zero-order chi connectivity index (χ0) is 20.3. The van der Waals surface area contributed by atoms with Gasteiger partial charge in [0, 0.05) is 23.6 Å². The van der Waals surface area contributed by atoms with Crippen LogP contribution >= 0.6 is 15.9 Å². The molecule has 0 atom stereocenters. The average Bonchev–Trinajstić information content (AvgIpc) is 2.73. The van der Waals surface area contributed by atoms with Gasteiger partial charge in [0.05, 0.1) is 21.3 Å². The van der Waals surface area contributed by atoms with Crippen LogP contribution in [0.2, 0.25) is 0 Å². The van der Waals surface area contributed by atoms with E-state index in [-0.39, 0.29) is 4.90 Å². The first kappa shape index (κ1) is 20.7. The quantitative estimate of drug-likeness (QED) is 0.643.